The molecule has 1 aliphatic rings. The summed E-state index contributed by atoms with van der Waals surface area (Å²) in [6.07, 6.45) is 0. The minimum Gasteiger partial charge on any atom is -0.318 e. The van der Waals surface area contributed by atoms with Gasteiger partial charge in [-0.3, -0.25) is 4.90 Å². The molecule has 3 heteroatoms. The van der Waals surface area contributed by atoms with Crippen molar-refractivity contribution in [2.24, 2.45) is 5.92 Å². The van der Waals surface area contributed by atoms with Crippen molar-refractivity contribution in [2.45, 2.75) is 32.9 Å². The molecule has 1 rings (SSSR count). The molecule has 3 nitrogen and oxygen atoms in total. The summed E-state index contributed by atoms with van der Waals surface area (Å²) in [6.45, 7) is 11.7. The van der Waals surface area contributed by atoms with Gasteiger partial charge >= 0.3 is 0 Å². The van der Waals surface area contributed by atoms with Gasteiger partial charge in [-0.25, -0.2) is 0 Å². The Bertz CT molecular complexity index is 182. The molecular formula is C12H27N3. The van der Waals surface area contributed by atoms with Gasteiger partial charge in [-0.05, 0) is 26.9 Å². The first-order valence-electron chi connectivity index (χ1n) is 6.15. The van der Waals surface area contributed by atoms with E-state index in [1.807, 2.05) is 0 Å². The Hall–Kier alpha value is -0.120. The summed E-state index contributed by atoms with van der Waals surface area (Å²) in [7, 11) is 4.27. The summed E-state index contributed by atoms with van der Waals surface area (Å²) in [5.74, 6) is 0.725. The van der Waals surface area contributed by atoms with Crippen molar-refractivity contribution < 1.29 is 0 Å². The Kier molecular flexibility index (Phi) is 5.03. The molecule has 0 aromatic carbocycles. The normalized spacial score (nSPS) is 27.2. The molecule has 15 heavy (non-hydrogen) atoms. The van der Waals surface area contributed by atoms with Gasteiger partial charge in [0.15, 0.2) is 0 Å². The van der Waals surface area contributed by atoms with Gasteiger partial charge in [0.25, 0.3) is 0 Å². The Balaban J connectivity index is 2.58. The third kappa shape index (κ3) is 3.44. The van der Waals surface area contributed by atoms with E-state index in [0.29, 0.717) is 12.1 Å². The quantitative estimate of drug-likeness (QED) is 0.747. The molecule has 2 atom stereocenters. The van der Waals surface area contributed by atoms with Crippen LogP contribution in [0.15, 0.2) is 0 Å². The molecule has 0 aromatic rings. The maximum atomic E-state index is 3.32. The number of hydrogen-bond acceptors (Lipinski definition) is 3. The van der Waals surface area contributed by atoms with Gasteiger partial charge in [-0.15, -0.1) is 0 Å². The fourth-order valence-corrected chi connectivity index (χ4v) is 2.59. The van der Waals surface area contributed by atoms with Gasteiger partial charge in [0.1, 0.15) is 0 Å². The van der Waals surface area contributed by atoms with Crippen LogP contribution in [0.2, 0.25) is 0 Å². The zero-order valence-electron chi connectivity index (χ0n) is 11.0. The van der Waals surface area contributed by atoms with Crippen LogP contribution in [-0.4, -0.2) is 62.2 Å². The highest BCUT2D eigenvalue weighted by Gasteiger charge is 2.29. The number of piperazine rings is 1. The Labute approximate surface area is 94.8 Å². The maximum absolute atomic E-state index is 3.32. The highest BCUT2D eigenvalue weighted by atomic mass is 15.3. The predicted octanol–water partition coefficient (Wildman–Crippen LogP) is 0.866. The summed E-state index contributed by atoms with van der Waals surface area (Å²) in [5.41, 5.74) is 0. The van der Waals surface area contributed by atoms with E-state index in [-0.39, 0.29) is 0 Å². The number of nitrogens with one attached hydrogen (secondary N) is 1. The average molecular weight is 213 g/mol. The van der Waals surface area contributed by atoms with Crippen LogP contribution in [0.5, 0.6) is 0 Å². The topological polar surface area (TPSA) is 18.5 Å². The summed E-state index contributed by atoms with van der Waals surface area (Å²) < 4.78 is 0. The molecule has 0 saturated carbocycles. The Morgan fingerprint density at radius 3 is 2.47 bits per heavy atom. The number of rotatable bonds is 4. The molecule has 0 amide bonds. The average Bonchev–Trinajstić information content (AvgIpc) is 2.15. The lowest BCUT2D eigenvalue weighted by atomic mass is 9.99. The predicted molar refractivity (Wildman–Crippen MR) is 66.2 cm³/mol. The SMILES string of the molecule is CNCC(C(C)C)N1CCN(C)CC1C. The minimum atomic E-state index is 0.679. The molecule has 2 unspecified atom stereocenters. The molecular weight excluding hydrogens is 186 g/mol. The van der Waals surface area contributed by atoms with E-state index in [9.17, 15) is 0 Å². The van der Waals surface area contributed by atoms with Crippen molar-refractivity contribution in [3.8, 4) is 0 Å². The van der Waals surface area contributed by atoms with Crippen molar-refractivity contribution in [3.05, 3.63) is 0 Å². The van der Waals surface area contributed by atoms with Gasteiger partial charge < -0.3 is 10.2 Å². The van der Waals surface area contributed by atoms with E-state index in [4.69, 9.17) is 0 Å². The van der Waals surface area contributed by atoms with E-state index in [1.165, 1.54) is 19.6 Å². The summed E-state index contributed by atoms with van der Waals surface area (Å²) in [4.78, 5) is 5.10. The monoisotopic (exact) mass is 213 g/mol. The van der Waals surface area contributed by atoms with Crippen LogP contribution in [0.1, 0.15) is 20.8 Å². The van der Waals surface area contributed by atoms with Crippen LogP contribution in [0.25, 0.3) is 0 Å². The third-order valence-corrected chi connectivity index (χ3v) is 3.49. The largest absolute Gasteiger partial charge is 0.318 e. The zero-order chi connectivity index (χ0) is 11.4. The first-order valence-corrected chi connectivity index (χ1v) is 6.15. The fourth-order valence-electron chi connectivity index (χ4n) is 2.59. The lowest BCUT2D eigenvalue weighted by Gasteiger charge is -2.44. The summed E-state index contributed by atoms with van der Waals surface area (Å²) >= 11 is 0. The van der Waals surface area contributed by atoms with Gasteiger partial charge in [0.05, 0.1) is 0 Å². The molecule has 1 saturated heterocycles. The lowest BCUT2D eigenvalue weighted by Crippen LogP contribution is -2.57. The smallest absolute Gasteiger partial charge is 0.0247 e. The molecule has 1 N–H and O–H groups in total. The van der Waals surface area contributed by atoms with Crippen LogP contribution < -0.4 is 5.32 Å². The molecule has 1 fully saturated rings. The number of hydrogen-bond donors (Lipinski definition) is 1. The molecule has 0 aromatic heterocycles. The number of nitrogens with zero attached hydrogens (tertiary/aromatic N) is 2. The van der Waals surface area contributed by atoms with Crippen LogP contribution in [0, 0.1) is 5.92 Å². The van der Waals surface area contributed by atoms with E-state index in [2.05, 4.69) is 50.0 Å². The summed E-state index contributed by atoms with van der Waals surface area (Å²) in [5, 5.41) is 3.32. The highest BCUT2D eigenvalue weighted by Crippen LogP contribution is 2.17. The van der Waals surface area contributed by atoms with Crippen molar-refractivity contribution >= 4 is 0 Å². The fraction of sp³-hybridized carbons (Fsp3) is 1.00. The van der Waals surface area contributed by atoms with Crippen molar-refractivity contribution in [3.63, 3.8) is 0 Å². The van der Waals surface area contributed by atoms with Gasteiger partial charge in [-0.2, -0.15) is 0 Å². The zero-order valence-corrected chi connectivity index (χ0v) is 11.0. The van der Waals surface area contributed by atoms with E-state index >= 15 is 0 Å². The summed E-state index contributed by atoms with van der Waals surface area (Å²) in [6, 6.07) is 1.36. The third-order valence-electron chi connectivity index (χ3n) is 3.49. The second kappa shape index (κ2) is 5.83. The first-order chi connectivity index (χ1) is 7.06. The van der Waals surface area contributed by atoms with E-state index in [1.54, 1.807) is 0 Å². The molecule has 1 heterocycles. The minimum absolute atomic E-state index is 0.679. The Morgan fingerprint density at radius 1 is 1.33 bits per heavy atom. The van der Waals surface area contributed by atoms with Crippen LogP contribution in [0.3, 0.4) is 0 Å². The van der Waals surface area contributed by atoms with Crippen LogP contribution in [0.4, 0.5) is 0 Å². The highest BCUT2D eigenvalue weighted by molar-refractivity contribution is 4.85. The molecule has 0 aliphatic carbocycles. The second-order valence-corrected chi connectivity index (χ2v) is 5.22. The van der Waals surface area contributed by atoms with Gasteiger partial charge in [0, 0.05) is 38.3 Å². The molecule has 0 radical (unpaired) electrons. The second-order valence-electron chi connectivity index (χ2n) is 5.22. The molecule has 90 valence electrons. The van der Waals surface area contributed by atoms with Crippen molar-refractivity contribution in [2.75, 3.05) is 40.3 Å². The van der Waals surface area contributed by atoms with E-state index in [0.717, 1.165) is 12.5 Å². The molecule has 0 spiro atoms. The standard InChI is InChI=1S/C12H27N3/c1-10(2)12(8-13-4)15-7-6-14(5)9-11(15)3/h10-13H,6-9H2,1-5H3. The van der Waals surface area contributed by atoms with Crippen molar-refractivity contribution in [1.82, 2.24) is 15.1 Å². The van der Waals surface area contributed by atoms with Crippen LogP contribution in [-0.2, 0) is 0 Å². The number of likely N-dealkylation sites (N-methyl/N-ethyl adjacent to an activating group) is 2. The molecule has 1 aliphatic heterocycles. The van der Waals surface area contributed by atoms with Crippen molar-refractivity contribution in [1.29, 1.82) is 0 Å². The van der Waals surface area contributed by atoms with Gasteiger partial charge in [0.2, 0.25) is 0 Å². The maximum Gasteiger partial charge on any atom is 0.0247 e. The van der Waals surface area contributed by atoms with E-state index < -0.39 is 0 Å². The Morgan fingerprint density at radius 2 is 2.00 bits per heavy atom. The van der Waals surface area contributed by atoms with Gasteiger partial charge in [-0.1, -0.05) is 13.8 Å². The first kappa shape index (κ1) is 12.9. The van der Waals surface area contributed by atoms with Crippen LogP contribution >= 0.6 is 0 Å². The molecule has 0 bridgehead atoms. The lowest BCUT2D eigenvalue weighted by molar-refractivity contribution is 0.0432.